The lowest BCUT2D eigenvalue weighted by molar-refractivity contribution is 0.246. The molecule has 0 radical (unpaired) electrons. The van der Waals surface area contributed by atoms with Crippen LogP contribution in [0.1, 0.15) is 56.4 Å². The van der Waals surface area contributed by atoms with Crippen molar-refractivity contribution in [2.75, 3.05) is 20.1 Å². The first-order valence-corrected chi connectivity index (χ1v) is 10.3. The summed E-state index contributed by atoms with van der Waals surface area (Å²) >= 11 is 0. The van der Waals surface area contributed by atoms with Crippen molar-refractivity contribution in [1.29, 1.82) is 0 Å². The Morgan fingerprint density at radius 3 is 2.17 bits per heavy atom. The zero-order chi connectivity index (χ0) is 16.3. The van der Waals surface area contributed by atoms with E-state index in [2.05, 4.69) is 24.3 Å². The Kier molecular flexibility index (Phi) is 5.39. The molecule has 3 rings (SSSR count). The molecule has 2 aliphatic rings. The molecule has 1 aromatic rings. The Morgan fingerprint density at radius 2 is 1.57 bits per heavy atom. The van der Waals surface area contributed by atoms with Crippen molar-refractivity contribution >= 4 is 10.2 Å². The van der Waals surface area contributed by atoms with Gasteiger partial charge in [-0.3, -0.25) is 0 Å². The number of hydrogen-bond acceptors (Lipinski definition) is 2. The summed E-state index contributed by atoms with van der Waals surface area (Å²) in [4.78, 5) is 0. The first kappa shape index (κ1) is 16.9. The molecule has 0 amide bonds. The maximum atomic E-state index is 12.9. The van der Waals surface area contributed by atoms with Gasteiger partial charge in [-0.1, -0.05) is 49.6 Å². The molecule has 0 aromatic heterocycles. The van der Waals surface area contributed by atoms with Crippen LogP contribution in [0.4, 0.5) is 0 Å². The summed E-state index contributed by atoms with van der Waals surface area (Å²) in [6.45, 7) is 1.28. The SMILES string of the molecule is CN(C1CCCCC1)S(=O)(=O)N1CCC(c2ccccc2)CC1. The van der Waals surface area contributed by atoms with Gasteiger partial charge in [0.1, 0.15) is 0 Å². The molecule has 0 atom stereocenters. The molecule has 0 bridgehead atoms. The number of piperidine rings is 1. The normalized spacial score (nSPS) is 22.5. The molecular weight excluding hydrogens is 308 g/mol. The fraction of sp³-hybridized carbons (Fsp3) is 0.667. The van der Waals surface area contributed by atoms with Crippen molar-refractivity contribution < 1.29 is 8.42 Å². The summed E-state index contributed by atoms with van der Waals surface area (Å²) < 4.78 is 29.1. The second-order valence-electron chi connectivity index (χ2n) is 6.90. The summed E-state index contributed by atoms with van der Waals surface area (Å²) in [5, 5.41) is 0. The van der Waals surface area contributed by atoms with E-state index < -0.39 is 10.2 Å². The Hall–Kier alpha value is -0.910. The van der Waals surface area contributed by atoms with Crippen molar-refractivity contribution in [2.45, 2.75) is 56.9 Å². The topological polar surface area (TPSA) is 40.6 Å². The molecule has 1 aliphatic carbocycles. The summed E-state index contributed by atoms with van der Waals surface area (Å²) in [5.74, 6) is 0.489. The van der Waals surface area contributed by atoms with Crippen molar-refractivity contribution in [2.24, 2.45) is 0 Å². The van der Waals surface area contributed by atoms with Gasteiger partial charge in [0, 0.05) is 26.2 Å². The summed E-state index contributed by atoms with van der Waals surface area (Å²) in [5.41, 5.74) is 1.34. The van der Waals surface area contributed by atoms with E-state index in [0.717, 1.165) is 38.5 Å². The predicted molar refractivity (Wildman–Crippen MR) is 93.5 cm³/mol. The van der Waals surface area contributed by atoms with Gasteiger partial charge in [0.2, 0.25) is 0 Å². The van der Waals surface area contributed by atoms with E-state index in [1.54, 1.807) is 15.7 Å². The van der Waals surface area contributed by atoms with Gasteiger partial charge in [0.25, 0.3) is 10.2 Å². The van der Waals surface area contributed by atoms with E-state index in [1.807, 2.05) is 6.07 Å². The number of nitrogens with zero attached hydrogens (tertiary/aromatic N) is 2. The minimum atomic E-state index is -3.30. The molecule has 4 nitrogen and oxygen atoms in total. The molecule has 0 N–H and O–H groups in total. The molecular formula is C18H28N2O2S. The zero-order valence-electron chi connectivity index (χ0n) is 14.0. The third-order valence-electron chi connectivity index (χ3n) is 5.50. The number of benzene rings is 1. The molecule has 2 fully saturated rings. The fourth-order valence-corrected chi connectivity index (χ4v) is 5.58. The first-order chi connectivity index (χ1) is 11.1. The average Bonchev–Trinajstić information content (AvgIpc) is 2.62. The van der Waals surface area contributed by atoms with Crippen molar-refractivity contribution in [3.8, 4) is 0 Å². The highest BCUT2D eigenvalue weighted by Gasteiger charge is 2.35. The zero-order valence-corrected chi connectivity index (χ0v) is 14.8. The second-order valence-corrected chi connectivity index (χ2v) is 8.89. The van der Waals surface area contributed by atoms with E-state index in [4.69, 9.17) is 0 Å². The lowest BCUT2D eigenvalue weighted by Crippen LogP contribution is -2.49. The maximum Gasteiger partial charge on any atom is 0.281 e. The van der Waals surface area contributed by atoms with Crippen molar-refractivity contribution in [3.05, 3.63) is 35.9 Å². The van der Waals surface area contributed by atoms with Crippen LogP contribution in [-0.2, 0) is 10.2 Å². The highest BCUT2D eigenvalue weighted by molar-refractivity contribution is 7.86. The van der Waals surface area contributed by atoms with Gasteiger partial charge >= 0.3 is 0 Å². The fourth-order valence-electron chi connectivity index (χ4n) is 3.96. The Balaban J connectivity index is 1.61. The summed E-state index contributed by atoms with van der Waals surface area (Å²) in [7, 11) is -1.53. The Bertz CT molecular complexity index is 589. The third-order valence-corrected chi connectivity index (χ3v) is 7.55. The highest BCUT2D eigenvalue weighted by Crippen LogP contribution is 2.31. The lowest BCUT2D eigenvalue weighted by Gasteiger charge is -2.37. The molecule has 1 aliphatic heterocycles. The maximum absolute atomic E-state index is 12.9. The molecule has 128 valence electrons. The van der Waals surface area contributed by atoms with Crippen LogP contribution in [0, 0.1) is 0 Å². The quantitative estimate of drug-likeness (QED) is 0.846. The highest BCUT2D eigenvalue weighted by atomic mass is 32.2. The third kappa shape index (κ3) is 3.78. The molecule has 0 unspecified atom stereocenters. The Morgan fingerprint density at radius 1 is 0.957 bits per heavy atom. The van der Waals surface area contributed by atoms with Crippen LogP contribution < -0.4 is 0 Å². The molecule has 1 aromatic carbocycles. The van der Waals surface area contributed by atoms with E-state index in [-0.39, 0.29) is 6.04 Å². The van der Waals surface area contributed by atoms with Crippen LogP contribution >= 0.6 is 0 Å². The van der Waals surface area contributed by atoms with Crippen LogP contribution in [0.25, 0.3) is 0 Å². The standard InChI is InChI=1S/C18H28N2O2S/c1-19(18-10-6-3-7-11-18)23(21,22)20-14-12-17(13-15-20)16-8-4-2-5-9-16/h2,4-5,8-9,17-18H,3,6-7,10-15H2,1H3. The number of rotatable bonds is 4. The molecule has 1 saturated carbocycles. The minimum absolute atomic E-state index is 0.195. The van der Waals surface area contributed by atoms with E-state index >= 15 is 0 Å². The van der Waals surface area contributed by atoms with Crippen LogP contribution in [0.3, 0.4) is 0 Å². The van der Waals surface area contributed by atoms with Gasteiger partial charge < -0.3 is 0 Å². The molecule has 23 heavy (non-hydrogen) atoms. The predicted octanol–water partition coefficient (Wildman–Crippen LogP) is 3.38. The molecule has 5 heteroatoms. The van der Waals surface area contributed by atoms with Crippen molar-refractivity contribution in [1.82, 2.24) is 8.61 Å². The average molecular weight is 337 g/mol. The van der Waals surface area contributed by atoms with E-state index in [0.29, 0.717) is 19.0 Å². The largest absolute Gasteiger partial charge is 0.281 e. The van der Waals surface area contributed by atoms with E-state index in [9.17, 15) is 8.42 Å². The lowest BCUT2D eigenvalue weighted by atomic mass is 9.90. The smallest absolute Gasteiger partial charge is 0.195 e. The van der Waals surface area contributed by atoms with E-state index in [1.165, 1.54) is 12.0 Å². The summed E-state index contributed by atoms with van der Waals surface area (Å²) in [6, 6.07) is 10.7. The van der Waals surface area contributed by atoms with Gasteiger partial charge in [-0.25, -0.2) is 0 Å². The van der Waals surface area contributed by atoms with Gasteiger partial charge in [-0.15, -0.1) is 0 Å². The van der Waals surface area contributed by atoms with Crippen LogP contribution in [0.5, 0.6) is 0 Å². The van der Waals surface area contributed by atoms with Crippen LogP contribution in [0.15, 0.2) is 30.3 Å². The van der Waals surface area contributed by atoms with Gasteiger partial charge in [0.15, 0.2) is 0 Å². The van der Waals surface area contributed by atoms with Crippen molar-refractivity contribution in [3.63, 3.8) is 0 Å². The summed E-state index contributed by atoms with van der Waals surface area (Å²) in [6.07, 6.45) is 7.41. The minimum Gasteiger partial charge on any atom is -0.195 e. The van der Waals surface area contributed by atoms with Gasteiger partial charge in [0.05, 0.1) is 0 Å². The molecule has 1 heterocycles. The second kappa shape index (κ2) is 7.32. The van der Waals surface area contributed by atoms with Gasteiger partial charge in [-0.05, 0) is 37.2 Å². The number of hydrogen-bond donors (Lipinski definition) is 0. The molecule has 1 saturated heterocycles. The monoisotopic (exact) mass is 336 g/mol. The van der Waals surface area contributed by atoms with Gasteiger partial charge in [-0.2, -0.15) is 17.0 Å². The van der Waals surface area contributed by atoms with Crippen LogP contribution in [0.2, 0.25) is 0 Å². The van der Waals surface area contributed by atoms with Crippen LogP contribution in [-0.4, -0.2) is 43.2 Å². The first-order valence-electron chi connectivity index (χ1n) is 8.87. The molecule has 0 spiro atoms. The Labute approximate surface area is 140 Å².